The first-order chi connectivity index (χ1) is 14.7. The molecule has 4 rings (SSSR count). The number of carbonyl (C=O) groups excluding carboxylic acids is 1. The molecule has 0 bridgehead atoms. The number of amides is 1. The quantitative estimate of drug-likeness (QED) is 0.328. The predicted molar refractivity (Wildman–Crippen MR) is 133 cm³/mol. The molecule has 0 spiro atoms. The van der Waals surface area contributed by atoms with Gasteiger partial charge in [-0.2, -0.15) is 0 Å². The van der Waals surface area contributed by atoms with Crippen LogP contribution in [0.1, 0.15) is 63.4 Å². The summed E-state index contributed by atoms with van der Waals surface area (Å²) in [6, 6.07) is 4.26. The van der Waals surface area contributed by atoms with Crippen LogP contribution in [0.25, 0.3) is 0 Å². The first-order valence-electron chi connectivity index (χ1n) is 11.6. The molecule has 8 heteroatoms. The summed E-state index contributed by atoms with van der Waals surface area (Å²) in [5.41, 5.74) is 1.08. The van der Waals surface area contributed by atoms with Crippen LogP contribution in [-0.2, 0) is 11.3 Å². The van der Waals surface area contributed by atoms with Crippen LogP contribution in [0.5, 0.6) is 5.88 Å². The second-order valence-corrected chi connectivity index (χ2v) is 8.85. The summed E-state index contributed by atoms with van der Waals surface area (Å²) in [6.07, 6.45) is 12.5. The van der Waals surface area contributed by atoms with Gasteiger partial charge in [-0.1, -0.05) is 18.9 Å². The molecule has 1 aromatic heterocycles. The van der Waals surface area contributed by atoms with Gasteiger partial charge in [-0.3, -0.25) is 9.79 Å². The second-order valence-electron chi connectivity index (χ2n) is 8.85. The van der Waals surface area contributed by atoms with Gasteiger partial charge in [0.15, 0.2) is 5.96 Å². The number of aliphatic imine (C=N–C) groups is 1. The lowest BCUT2D eigenvalue weighted by molar-refractivity contribution is -0.134. The van der Waals surface area contributed by atoms with Crippen molar-refractivity contribution in [3.63, 3.8) is 0 Å². The van der Waals surface area contributed by atoms with E-state index in [2.05, 4.69) is 26.7 Å². The third-order valence-corrected chi connectivity index (χ3v) is 6.62. The van der Waals surface area contributed by atoms with Crippen molar-refractivity contribution in [1.29, 1.82) is 0 Å². The molecular weight excluding hydrogens is 505 g/mol. The number of aromatic nitrogens is 1. The molecule has 2 aliphatic carbocycles. The molecule has 0 radical (unpaired) electrons. The number of carbonyl (C=O) groups is 1. The number of halogens is 1. The summed E-state index contributed by atoms with van der Waals surface area (Å²) in [4.78, 5) is 23.5. The zero-order valence-electron chi connectivity index (χ0n) is 18.5. The fraction of sp³-hybridized carbons (Fsp3) is 0.696. The molecule has 1 saturated heterocycles. The molecule has 31 heavy (non-hydrogen) atoms. The molecule has 1 aromatic rings. The van der Waals surface area contributed by atoms with Crippen LogP contribution >= 0.6 is 24.0 Å². The van der Waals surface area contributed by atoms with Gasteiger partial charge in [0.2, 0.25) is 11.8 Å². The molecule has 3 fully saturated rings. The maximum Gasteiger partial charge on any atom is 0.225 e. The number of hydrogen-bond donors (Lipinski definition) is 2. The standard InChI is InChI=1S/C23H35N5O2.HI/c1-24-23(27-19-12-13-28(16-19)22(29)18-6-2-3-7-18)26-15-17-10-11-21(25-14-17)30-20-8-4-5-9-20;/h10-11,14,18-20H,2-9,12-13,15-16H2,1H3,(H2,24,26,27);1H. The van der Waals surface area contributed by atoms with E-state index in [-0.39, 0.29) is 35.9 Å². The van der Waals surface area contributed by atoms with Gasteiger partial charge in [0.1, 0.15) is 6.10 Å². The van der Waals surface area contributed by atoms with Gasteiger partial charge < -0.3 is 20.3 Å². The highest BCUT2D eigenvalue weighted by molar-refractivity contribution is 14.0. The number of nitrogens with zero attached hydrogens (tertiary/aromatic N) is 3. The Morgan fingerprint density at radius 3 is 2.58 bits per heavy atom. The molecule has 1 unspecified atom stereocenters. The van der Waals surface area contributed by atoms with Crippen molar-refractivity contribution in [2.24, 2.45) is 10.9 Å². The van der Waals surface area contributed by atoms with E-state index < -0.39 is 0 Å². The van der Waals surface area contributed by atoms with E-state index in [1.807, 2.05) is 17.2 Å². The molecule has 1 aliphatic heterocycles. The molecule has 3 aliphatic rings. The summed E-state index contributed by atoms with van der Waals surface area (Å²) in [6.45, 7) is 2.26. The smallest absolute Gasteiger partial charge is 0.225 e. The number of pyridine rings is 1. The Morgan fingerprint density at radius 1 is 1.16 bits per heavy atom. The number of likely N-dealkylation sites (tertiary alicyclic amines) is 1. The third kappa shape index (κ3) is 6.70. The van der Waals surface area contributed by atoms with Gasteiger partial charge in [0.25, 0.3) is 0 Å². The van der Waals surface area contributed by atoms with Crippen molar-refractivity contribution in [2.45, 2.75) is 76.5 Å². The highest BCUT2D eigenvalue weighted by atomic mass is 127. The molecule has 1 atom stereocenters. The fourth-order valence-electron chi connectivity index (χ4n) is 4.85. The molecule has 0 aromatic carbocycles. The topological polar surface area (TPSA) is 78.9 Å². The van der Waals surface area contributed by atoms with E-state index >= 15 is 0 Å². The summed E-state index contributed by atoms with van der Waals surface area (Å²) < 4.78 is 5.93. The maximum absolute atomic E-state index is 12.6. The average molecular weight is 541 g/mol. The Hall–Kier alpha value is -1.58. The number of nitrogens with one attached hydrogen (secondary N) is 2. The minimum atomic E-state index is 0. The number of hydrogen-bond acceptors (Lipinski definition) is 4. The Labute approximate surface area is 202 Å². The third-order valence-electron chi connectivity index (χ3n) is 6.62. The second kappa shape index (κ2) is 11.9. The van der Waals surface area contributed by atoms with Crippen molar-refractivity contribution in [3.8, 4) is 5.88 Å². The van der Waals surface area contributed by atoms with E-state index in [9.17, 15) is 4.79 Å². The van der Waals surface area contributed by atoms with Crippen molar-refractivity contribution in [1.82, 2.24) is 20.5 Å². The summed E-state index contributed by atoms with van der Waals surface area (Å²) >= 11 is 0. The Morgan fingerprint density at radius 2 is 1.90 bits per heavy atom. The minimum absolute atomic E-state index is 0. The first kappa shape index (κ1) is 24.1. The fourth-order valence-corrected chi connectivity index (χ4v) is 4.85. The van der Waals surface area contributed by atoms with Gasteiger partial charge in [-0.25, -0.2) is 4.98 Å². The van der Waals surface area contributed by atoms with E-state index in [0.717, 1.165) is 56.7 Å². The van der Waals surface area contributed by atoms with Crippen LogP contribution in [-0.4, -0.2) is 54.0 Å². The minimum Gasteiger partial charge on any atom is -0.474 e. The van der Waals surface area contributed by atoms with E-state index in [1.165, 1.54) is 25.7 Å². The number of ether oxygens (including phenoxy) is 1. The van der Waals surface area contributed by atoms with Crippen molar-refractivity contribution in [3.05, 3.63) is 23.9 Å². The molecule has 2 N–H and O–H groups in total. The Kier molecular flexibility index (Phi) is 9.22. The lowest BCUT2D eigenvalue weighted by Crippen LogP contribution is -2.45. The molecular formula is C23H36IN5O2. The van der Waals surface area contributed by atoms with Crippen molar-refractivity contribution in [2.75, 3.05) is 20.1 Å². The van der Waals surface area contributed by atoms with Crippen LogP contribution in [0.15, 0.2) is 23.3 Å². The van der Waals surface area contributed by atoms with Crippen LogP contribution in [0, 0.1) is 5.92 Å². The number of rotatable bonds is 6. The number of guanidine groups is 1. The Balaban J connectivity index is 0.00000272. The summed E-state index contributed by atoms with van der Waals surface area (Å²) in [5.74, 6) is 2.09. The van der Waals surface area contributed by atoms with Crippen molar-refractivity contribution < 1.29 is 9.53 Å². The molecule has 2 heterocycles. The molecule has 172 valence electrons. The van der Waals surface area contributed by atoms with E-state index in [0.29, 0.717) is 24.4 Å². The molecule has 2 saturated carbocycles. The van der Waals surface area contributed by atoms with Crippen LogP contribution in [0.2, 0.25) is 0 Å². The van der Waals surface area contributed by atoms with Gasteiger partial charge in [0, 0.05) is 50.9 Å². The Bertz CT molecular complexity index is 730. The van der Waals surface area contributed by atoms with Gasteiger partial charge in [-0.05, 0) is 50.5 Å². The van der Waals surface area contributed by atoms with Crippen LogP contribution in [0.3, 0.4) is 0 Å². The summed E-state index contributed by atoms with van der Waals surface area (Å²) in [5, 5.41) is 6.83. The molecule has 1 amide bonds. The van der Waals surface area contributed by atoms with Crippen LogP contribution in [0.4, 0.5) is 0 Å². The first-order valence-corrected chi connectivity index (χ1v) is 11.6. The van der Waals surface area contributed by atoms with Gasteiger partial charge >= 0.3 is 0 Å². The van der Waals surface area contributed by atoms with Crippen LogP contribution < -0.4 is 15.4 Å². The van der Waals surface area contributed by atoms with Gasteiger partial charge in [-0.15, -0.1) is 24.0 Å². The van der Waals surface area contributed by atoms with Crippen molar-refractivity contribution >= 4 is 35.8 Å². The zero-order chi connectivity index (χ0) is 20.8. The zero-order valence-corrected chi connectivity index (χ0v) is 20.8. The van der Waals surface area contributed by atoms with E-state index in [4.69, 9.17) is 4.74 Å². The average Bonchev–Trinajstić information content (AvgIpc) is 3.55. The lowest BCUT2D eigenvalue weighted by atomic mass is 10.1. The van der Waals surface area contributed by atoms with Gasteiger partial charge in [0.05, 0.1) is 0 Å². The lowest BCUT2D eigenvalue weighted by Gasteiger charge is -2.21. The maximum atomic E-state index is 12.6. The molecule has 7 nitrogen and oxygen atoms in total. The highest BCUT2D eigenvalue weighted by Gasteiger charge is 2.32. The summed E-state index contributed by atoms with van der Waals surface area (Å²) in [7, 11) is 1.78. The monoisotopic (exact) mass is 541 g/mol. The largest absolute Gasteiger partial charge is 0.474 e. The predicted octanol–water partition coefficient (Wildman–Crippen LogP) is 3.48. The SMILES string of the molecule is CN=C(NCc1ccc(OC2CCCC2)nc1)NC1CCN(C(=O)C2CCCC2)C1.I. The highest BCUT2D eigenvalue weighted by Crippen LogP contribution is 2.28. The van der Waals surface area contributed by atoms with E-state index in [1.54, 1.807) is 7.05 Å². The normalized spacial score (nSPS) is 22.4.